The largest absolute Gasteiger partial charge is 0.292 e. The Balaban J connectivity index is 1.92. The highest BCUT2D eigenvalue weighted by Crippen LogP contribution is 2.51. The molecular formula is C28H32N4O. The van der Waals surface area contributed by atoms with E-state index in [1.54, 1.807) is 0 Å². The van der Waals surface area contributed by atoms with E-state index in [0.29, 0.717) is 6.54 Å². The number of carbonyl (C=O) groups is 1. The first-order chi connectivity index (χ1) is 15.6. The van der Waals surface area contributed by atoms with Gasteiger partial charge in [0.25, 0.3) is 0 Å². The molecule has 0 fully saturated rings. The van der Waals surface area contributed by atoms with Gasteiger partial charge >= 0.3 is 0 Å². The summed E-state index contributed by atoms with van der Waals surface area (Å²) in [6.07, 6.45) is 1.93. The minimum atomic E-state index is -0.960. The van der Waals surface area contributed by atoms with E-state index < -0.39 is 11.0 Å². The van der Waals surface area contributed by atoms with Gasteiger partial charge in [0.05, 0.1) is 18.2 Å². The molecule has 1 aliphatic heterocycles. The van der Waals surface area contributed by atoms with Crippen molar-refractivity contribution < 1.29 is 4.79 Å². The summed E-state index contributed by atoms with van der Waals surface area (Å²) in [6, 6.07) is 20.1. The number of Topliss-reactive ketones (excluding diaryl/α,β-unsaturated/α-hetero) is 1. The lowest BCUT2D eigenvalue weighted by atomic mass is 9.57. The van der Waals surface area contributed by atoms with Crippen molar-refractivity contribution >= 4 is 17.2 Å². The fraction of sp³-hybridized carbons (Fsp3) is 0.393. The van der Waals surface area contributed by atoms with Crippen molar-refractivity contribution in [3.63, 3.8) is 0 Å². The highest BCUT2D eigenvalue weighted by Gasteiger charge is 2.61. The van der Waals surface area contributed by atoms with E-state index in [9.17, 15) is 4.79 Å². The van der Waals surface area contributed by atoms with Crippen molar-refractivity contribution in [3.8, 4) is 0 Å². The molecule has 170 valence electrons. The number of hydrogen-bond acceptors (Lipinski definition) is 5. The maximum Gasteiger partial charge on any atom is 0.190 e. The van der Waals surface area contributed by atoms with Crippen LogP contribution in [0, 0.1) is 16.7 Å². The lowest BCUT2D eigenvalue weighted by Crippen LogP contribution is -2.58. The summed E-state index contributed by atoms with van der Waals surface area (Å²) >= 11 is 0. The Kier molecular flexibility index (Phi) is 5.77. The predicted octanol–water partition coefficient (Wildman–Crippen LogP) is 6.30. The van der Waals surface area contributed by atoms with Gasteiger partial charge in [-0.1, -0.05) is 102 Å². The number of allylic oxidation sites excluding steroid dienone is 1. The van der Waals surface area contributed by atoms with Crippen LogP contribution in [-0.2, 0) is 4.79 Å². The molecule has 0 bridgehead atoms. The molecule has 0 amide bonds. The summed E-state index contributed by atoms with van der Waals surface area (Å²) in [7, 11) is 0. The molecule has 0 radical (unpaired) electrons. The van der Waals surface area contributed by atoms with E-state index in [-0.39, 0.29) is 17.1 Å². The second-order valence-electron chi connectivity index (χ2n) is 10.8. The van der Waals surface area contributed by atoms with Crippen LogP contribution in [0.15, 0.2) is 92.7 Å². The van der Waals surface area contributed by atoms with Gasteiger partial charge in [0.15, 0.2) is 11.3 Å². The number of fused-ring (bicyclic) bond motifs is 1. The van der Waals surface area contributed by atoms with E-state index in [1.165, 1.54) is 0 Å². The molecule has 2 unspecified atom stereocenters. The summed E-state index contributed by atoms with van der Waals surface area (Å²) in [6.45, 7) is 12.8. The second kappa shape index (κ2) is 8.29. The molecule has 0 saturated heterocycles. The zero-order chi connectivity index (χ0) is 23.9. The average Bonchev–Trinajstić information content (AvgIpc) is 3.23. The zero-order valence-electron chi connectivity index (χ0n) is 20.3. The highest BCUT2D eigenvalue weighted by molar-refractivity contribution is 6.18. The van der Waals surface area contributed by atoms with Gasteiger partial charge in [-0.25, -0.2) is 0 Å². The predicted molar refractivity (Wildman–Crippen MR) is 134 cm³/mol. The van der Waals surface area contributed by atoms with E-state index in [2.05, 4.69) is 51.8 Å². The van der Waals surface area contributed by atoms with E-state index >= 15 is 0 Å². The molecule has 0 aromatic heterocycles. The highest BCUT2D eigenvalue weighted by atomic mass is 16.1. The second-order valence-corrected chi connectivity index (χ2v) is 10.8. The molecule has 5 heteroatoms. The SMILES string of the molecule is CC(C)(C)C1=CC(=NN=C(c2ccccc2)c2ccccc2)C2CN=NC2(C(C)(C)C)C1=O. The van der Waals surface area contributed by atoms with Gasteiger partial charge in [-0.3, -0.25) is 4.79 Å². The first kappa shape index (κ1) is 23.0. The van der Waals surface area contributed by atoms with Crippen molar-refractivity contribution in [3.05, 3.63) is 83.4 Å². The van der Waals surface area contributed by atoms with Crippen LogP contribution in [0.4, 0.5) is 0 Å². The van der Waals surface area contributed by atoms with Crippen LogP contribution >= 0.6 is 0 Å². The van der Waals surface area contributed by atoms with Crippen LogP contribution in [0.25, 0.3) is 0 Å². The van der Waals surface area contributed by atoms with Gasteiger partial charge in [-0.15, -0.1) is 5.10 Å². The first-order valence-corrected chi connectivity index (χ1v) is 11.5. The summed E-state index contributed by atoms with van der Waals surface area (Å²) in [5.41, 5.74) is 2.55. The molecular weight excluding hydrogens is 408 g/mol. The standard InChI is InChI=1S/C28H32N4O/c1-26(2,3)21-17-23(22-18-29-32-28(22,25(21)33)27(4,5)6)30-31-24(19-13-9-7-10-14-19)20-15-11-8-12-16-20/h7-17,22H,18H2,1-6H3. The number of benzene rings is 2. The third kappa shape index (κ3) is 4.01. The lowest BCUT2D eigenvalue weighted by Gasteiger charge is -2.45. The molecule has 1 aliphatic carbocycles. The molecule has 33 heavy (non-hydrogen) atoms. The number of ketones is 1. The van der Waals surface area contributed by atoms with E-state index in [0.717, 1.165) is 28.1 Å². The third-order valence-corrected chi connectivity index (χ3v) is 6.55. The summed E-state index contributed by atoms with van der Waals surface area (Å²) in [4.78, 5) is 13.8. The monoisotopic (exact) mass is 440 g/mol. The van der Waals surface area contributed by atoms with Crippen molar-refractivity contribution in [2.45, 2.75) is 47.1 Å². The van der Waals surface area contributed by atoms with Crippen molar-refractivity contribution in [2.24, 2.45) is 37.2 Å². The maximum atomic E-state index is 13.8. The Hall–Kier alpha value is -3.21. The quantitative estimate of drug-likeness (QED) is 0.408. The Bertz CT molecular complexity index is 1120. The van der Waals surface area contributed by atoms with Crippen LogP contribution in [0.3, 0.4) is 0 Å². The summed E-state index contributed by atoms with van der Waals surface area (Å²) in [5, 5.41) is 18.5. The fourth-order valence-electron chi connectivity index (χ4n) is 4.72. The minimum absolute atomic E-state index is 0.0584. The van der Waals surface area contributed by atoms with Gasteiger partial charge in [0, 0.05) is 16.7 Å². The van der Waals surface area contributed by atoms with Gasteiger partial charge in [-0.05, 0) is 16.9 Å². The topological polar surface area (TPSA) is 66.5 Å². The minimum Gasteiger partial charge on any atom is -0.292 e. The molecule has 1 heterocycles. The third-order valence-electron chi connectivity index (χ3n) is 6.55. The van der Waals surface area contributed by atoms with Gasteiger partial charge in [0.2, 0.25) is 0 Å². The lowest BCUT2D eigenvalue weighted by molar-refractivity contribution is -0.126. The van der Waals surface area contributed by atoms with E-state index in [4.69, 9.17) is 10.2 Å². The zero-order valence-corrected chi connectivity index (χ0v) is 20.3. The Labute approximate surface area is 196 Å². The maximum absolute atomic E-state index is 13.8. The average molecular weight is 441 g/mol. The number of hydrogen-bond donors (Lipinski definition) is 0. The number of rotatable bonds is 3. The molecule has 4 rings (SSSR count). The van der Waals surface area contributed by atoms with Crippen LogP contribution in [-0.4, -0.2) is 29.3 Å². The first-order valence-electron chi connectivity index (χ1n) is 11.5. The molecule has 0 saturated carbocycles. The Morgan fingerprint density at radius 1 is 0.909 bits per heavy atom. The Morgan fingerprint density at radius 3 is 1.94 bits per heavy atom. The molecule has 2 aliphatic rings. The van der Waals surface area contributed by atoms with Gasteiger partial charge in [-0.2, -0.15) is 15.3 Å². The molecule has 2 aromatic rings. The van der Waals surface area contributed by atoms with Crippen LogP contribution in [0.2, 0.25) is 0 Å². The number of azo groups is 1. The van der Waals surface area contributed by atoms with Crippen LogP contribution < -0.4 is 0 Å². The van der Waals surface area contributed by atoms with Crippen molar-refractivity contribution in [1.29, 1.82) is 0 Å². The van der Waals surface area contributed by atoms with Crippen LogP contribution in [0.5, 0.6) is 0 Å². The number of nitrogens with zero attached hydrogens (tertiary/aromatic N) is 4. The normalized spacial score (nSPS) is 23.9. The molecule has 2 aromatic carbocycles. The molecule has 0 N–H and O–H groups in total. The fourth-order valence-corrected chi connectivity index (χ4v) is 4.72. The van der Waals surface area contributed by atoms with Gasteiger partial charge < -0.3 is 0 Å². The molecule has 2 atom stereocenters. The molecule has 0 spiro atoms. The van der Waals surface area contributed by atoms with Crippen LogP contribution in [0.1, 0.15) is 52.7 Å². The van der Waals surface area contributed by atoms with Gasteiger partial charge in [0.1, 0.15) is 5.71 Å². The van der Waals surface area contributed by atoms with E-state index in [1.807, 2.05) is 66.7 Å². The molecule has 5 nitrogen and oxygen atoms in total. The summed E-state index contributed by atoms with van der Waals surface area (Å²) in [5.74, 6) is -0.171. The summed E-state index contributed by atoms with van der Waals surface area (Å²) < 4.78 is 0. The smallest absolute Gasteiger partial charge is 0.190 e. The van der Waals surface area contributed by atoms with Crippen molar-refractivity contribution in [2.75, 3.05) is 6.54 Å². The number of carbonyl (C=O) groups excluding carboxylic acids is 1. The Morgan fingerprint density at radius 2 is 1.45 bits per heavy atom. The van der Waals surface area contributed by atoms with Crippen molar-refractivity contribution in [1.82, 2.24) is 0 Å².